The summed E-state index contributed by atoms with van der Waals surface area (Å²) in [6.45, 7) is 4.31. The zero-order chi connectivity index (χ0) is 9.68. The van der Waals surface area contributed by atoms with Crippen LogP contribution in [-0.4, -0.2) is 16.6 Å². The smallest absolute Gasteiger partial charge is 0.118 e. The fourth-order valence-electron chi connectivity index (χ4n) is 1.17. The molecule has 0 atom stereocenters. The van der Waals surface area contributed by atoms with Crippen LogP contribution in [0.5, 0.6) is 5.75 Å². The van der Waals surface area contributed by atoms with E-state index in [1.54, 1.807) is 7.11 Å². The zero-order valence-corrected chi connectivity index (χ0v) is 9.92. The second kappa shape index (κ2) is 4.87. The Morgan fingerprint density at radius 3 is 2.38 bits per heavy atom. The first-order valence-electron chi connectivity index (χ1n) is 4.51. The summed E-state index contributed by atoms with van der Waals surface area (Å²) in [5, 5.41) is 3.00. The van der Waals surface area contributed by atoms with Crippen molar-refractivity contribution >= 4 is 14.7 Å². The summed E-state index contributed by atoms with van der Waals surface area (Å²) in [6.07, 6.45) is 2.20. The van der Waals surface area contributed by atoms with Gasteiger partial charge in [-0.1, -0.05) is 28.6 Å². The summed E-state index contributed by atoms with van der Waals surface area (Å²) < 4.78 is 5.10. The average molecular weight is 192 g/mol. The van der Waals surface area contributed by atoms with Crippen molar-refractivity contribution in [2.24, 2.45) is 0 Å². The Kier molecular flexibility index (Phi) is 3.77. The third kappa shape index (κ3) is 3.07. The summed E-state index contributed by atoms with van der Waals surface area (Å²) in [5.74, 6) is 0.941. The number of rotatable bonds is 3. The summed E-state index contributed by atoms with van der Waals surface area (Å²) in [6, 6.07) is 8.40. The van der Waals surface area contributed by atoms with Gasteiger partial charge in [0.2, 0.25) is 0 Å². The lowest BCUT2D eigenvalue weighted by atomic mass is 10.3. The Labute approximate surface area is 82.3 Å². The number of benzene rings is 1. The topological polar surface area (TPSA) is 9.23 Å². The monoisotopic (exact) mass is 192 g/mol. The second-order valence-corrected chi connectivity index (χ2v) is 5.45. The van der Waals surface area contributed by atoms with Crippen molar-refractivity contribution in [2.45, 2.75) is 13.8 Å². The van der Waals surface area contributed by atoms with E-state index in [1.807, 2.05) is 12.1 Å². The molecule has 0 heterocycles. The Hall–Kier alpha value is -1.02. The van der Waals surface area contributed by atoms with Gasteiger partial charge in [-0.3, -0.25) is 0 Å². The minimum Gasteiger partial charge on any atom is -0.497 e. The first-order chi connectivity index (χ1) is 6.26. The van der Waals surface area contributed by atoms with Crippen LogP contribution in [0.15, 0.2) is 35.5 Å². The highest BCUT2D eigenvalue weighted by atomic mass is 28.2. The molecular weight excluding hydrogens is 176 g/mol. The fraction of sp³-hybridized carbons (Fsp3) is 0.273. The lowest BCUT2D eigenvalue weighted by Gasteiger charge is -2.02. The number of allylic oxidation sites excluding steroid dienone is 2. The molecule has 0 aliphatic heterocycles. The quantitative estimate of drug-likeness (QED) is 0.658. The second-order valence-electron chi connectivity index (χ2n) is 3.16. The molecule has 0 spiro atoms. The van der Waals surface area contributed by atoms with Gasteiger partial charge in [0.25, 0.3) is 0 Å². The van der Waals surface area contributed by atoms with Crippen LogP contribution in [0.3, 0.4) is 0 Å². The number of ether oxygens (including phenoxy) is 1. The molecule has 0 N–H and O–H groups in total. The minimum atomic E-state index is -0.205. The van der Waals surface area contributed by atoms with Crippen LogP contribution in [0.1, 0.15) is 13.8 Å². The van der Waals surface area contributed by atoms with E-state index < -0.39 is 0 Å². The van der Waals surface area contributed by atoms with E-state index in [-0.39, 0.29) is 9.52 Å². The van der Waals surface area contributed by atoms with Gasteiger partial charge in [0.1, 0.15) is 5.75 Å². The summed E-state index contributed by atoms with van der Waals surface area (Å²) in [7, 11) is 1.49. The number of hydrogen-bond acceptors (Lipinski definition) is 1. The molecule has 0 saturated heterocycles. The molecule has 0 amide bonds. The van der Waals surface area contributed by atoms with Crippen molar-refractivity contribution in [1.29, 1.82) is 0 Å². The van der Waals surface area contributed by atoms with E-state index in [2.05, 4.69) is 32.1 Å². The molecule has 1 nitrogen and oxygen atoms in total. The molecule has 2 heteroatoms. The van der Waals surface area contributed by atoms with Gasteiger partial charge in [-0.2, -0.15) is 0 Å². The molecule has 0 aliphatic rings. The molecule has 13 heavy (non-hydrogen) atoms. The van der Waals surface area contributed by atoms with Crippen molar-refractivity contribution in [3.05, 3.63) is 35.5 Å². The van der Waals surface area contributed by atoms with E-state index in [9.17, 15) is 0 Å². The van der Waals surface area contributed by atoms with Crippen LogP contribution in [0.4, 0.5) is 0 Å². The Morgan fingerprint density at radius 2 is 1.92 bits per heavy atom. The van der Waals surface area contributed by atoms with E-state index in [1.165, 1.54) is 10.4 Å². The van der Waals surface area contributed by atoms with E-state index in [0.29, 0.717) is 0 Å². The maximum atomic E-state index is 5.10. The highest BCUT2D eigenvalue weighted by Crippen LogP contribution is 2.05. The van der Waals surface area contributed by atoms with Crippen molar-refractivity contribution in [2.75, 3.05) is 7.11 Å². The van der Waals surface area contributed by atoms with Gasteiger partial charge in [0.15, 0.2) is 0 Å². The Bertz CT molecular complexity index is 287. The molecular formula is C11H16OSi. The summed E-state index contributed by atoms with van der Waals surface area (Å²) in [4.78, 5) is 0. The molecule has 70 valence electrons. The molecule has 0 radical (unpaired) electrons. The van der Waals surface area contributed by atoms with Crippen LogP contribution in [0, 0.1) is 0 Å². The normalized spacial score (nSPS) is 12.4. The summed E-state index contributed by atoms with van der Waals surface area (Å²) in [5.41, 5.74) is 0. The van der Waals surface area contributed by atoms with Crippen molar-refractivity contribution in [3.63, 3.8) is 0 Å². The van der Waals surface area contributed by atoms with Gasteiger partial charge >= 0.3 is 0 Å². The SMILES string of the molecule is CC=C(C)[SiH2]c1ccc(OC)cc1. The Balaban J connectivity index is 2.69. The lowest BCUT2D eigenvalue weighted by Crippen LogP contribution is -2.14. The van der Waals surface area contributed by atoms with Crippen LogP contribution < -0.4 is 9.92 Å². The molecule has 1 rings (SSSR count). The van der Waals surface area contributed by atoms with E-state index in [4.69, 9.17) is 4.74 Å². The molecule has 0 bridgehead atoms. The highest BCUT2D eigenvalue weighted by Gasteiger charge is 1.95. The Morgan fingerprint density at radius 1 is 1.31 bits per heavy atom. The van der Waals surface area contributed by atoms with Gasteiger partial charge in [0.05, 0.1) is 16.6 Å². The molecule has 0 fully saturated rings. The van der Waals surface area contributed by atoms with Gasteiger partial charge in [-0.15, -0.1) is 0 Å². The van der Waals surface area contributed by atoms with Crippen molar-refractivity contribution in [3.8, 4) is 5.75 Å². The van der Waals surface area contributed by atoms with Gasteiger partial charge in [0, 0.05) is 0 Å². The summed E-state index contributed by atoms with van der Waals surface area (Å²) >= 11 is 0. The van der Waals surface area contributed by atoms with Gasteiger partial charge in [-0.05, 0) is 26.0 Å². The van der Waals surface area contributed by atoms with Crippen LogP contribution in [0.2, 0.25) is 0 Å². The van der Waals surface area contributed by atoms with E-state index >= 15 is 0 Å². The first-order valence-corrected chi connectivity index (χ1v) is 5.92. The number of hydrogen-bond donors (Lipinski definition) is 0. The standard InChI is InChI=1S/C11H16OSi/c1-4-9(2)13-11-7-5-10(12-3)6-8-11/h4-8H,13H2,1-3H3. The van der Waals surface area contributed by atoms with Gasteiger partial charge in [-0.25, -0.2) is 0 Å². The van der Waals surface area contributed by atoms with Crippen molar-refractivity contribution < 1.29 is 4.74 Å². The minimum absolute atomic E-state index is 0.205. The third-order valence-electron chi connectivity index (χ3n) is 2.13. The molecule has 1 aromatic rings. The average Bonchev–Trinajstić information content (AvgIpc) is 2.19. The largest absolute Gasteiger partial charge is 0.497 e. The maximum absolute atomic E-state index is 5.10. The molecule has 0 unspecified atom stereocenters. The highest BCUT2D eigenvalue weighted by molar-refractivity contribution is 6.60. The maximum Gasteiger partial charge on any atom is 0.118 e. The van der Waals surface area contributed by atoms with Crippen LogP contribution in [0.25, 0.3) is 0 Å². The lowest BCUT2D eigenvalue weighted by molar-refractivity contribution is 0.415. The molecule has 0 aliphatic carbocycles. The van der Waals surface area contributed by atoms with E-state index in [0.717, 1.165) is 5.75 Å². The number of methoxy groups -OCH3 is 1. The molecule has 0 saturated carbocycles. The predicted octanol–water partition coefficient (Wildman–Crippen LogP) is 1.41. The van der Waals surface area contributed by atoms with Crippen LogP contribution >= 0.6 is 0 Å². The van der Waals surface area contributed by atoms with Crippen LogP contribution in [-0.2, 0) is 0 Å². The van der Waals surface area contributed by atoms with Gasteiger partial charge < -0.3 is 4.74 Å². The first kappa shape index (κ1) is 10.1. The zero-order valence-electron chi connectivity index (χ0n) is 8.50. The molecule has 0 aromatic heterocycles. The fourth-order valence-corrected chi connectivity index (χ4v) is 2.49. The third-order valence-corrected chi connectivity index (χ3v) is 3.98. The van der Waals surface area contributed by atoms with Crippen molar-refractivity contribution in [1.82, 2.24) is 0 Å². The molecule has 1 aromatic carbocycles. The predicted molar refractivity (Wildman–Crippen MR) is 60.6 cm³/mol.